The number of nitrogens with zero attached hydrogens (tertiary/aromatic N) is 1. The zero-order valence-electron chi connectivity index (χ0n) is 12.1. The molecule has 0 saturated carbocycles. The van der Waals surface area contributed by atoms with Crippen LogP contribution in [0.4, 0.5) is 17.6 Å². The first-order valence-electron chi connectivity index (χ1n) is 6.22. The number of aromatic nitrogens is 1. The van der Waals surface area contributed by atoms with Crippen LogP contribution in [0.15, 0.2) is 11.0 Å². The van der Waals surface area contributed by atoms with Crippen LogP contribution in [0, 0.1) is 23.3 Å². The summed E-state index contributed by atoms with van der Waals surface area (Å²) in [5, 5.41) is 36.5. The molecule has 0 fully saturated rings. The Balaban J connectivity index is 2.59. The van der Waals surface area contributed by atoms with Crippen molar-refractivity contribution in [3.05, 3.63) is 34.9 Å². The molecule has 0 atom stereocenters. The molecule has 0 radical (unpaired) electrons. The second-order valence-electron chi connectivity index (χ2n) is 4.68. The van der Waals surface area contributed by atoms with Crippen molar-refractivity contribution in [2.24, 2.45) is 0 Å². The molecule has 1 aromatic carbocycles. The van der Waals surface area contributed by atoms with E-state index in [1.807, 2.05) is 0 Å². The minimum Gasteiger partial charge on any atom is -0.503 e. The number of phenolic OH excluding ortho intramolecular Hbond substituents is 1. The van der Waals surface area contributed by atoms with E-state index >= 15 is 0 Å². The molecule has 9 nitrogen and oxygen atoms in total. The van der Waals surface area contributed by atoms with Gasteiger partial charge < -0.3 is 20.4 Å². The normalized spacial score (nSPS) is 11.5. The van der Waals surface area contributed by atoms with Gasteiger partial charge >= 0.3 is 16.1 Å². The van der Waals surface area contributed by atoms with Gasteiger partial charge in [-0.25, -0.2) is 8.78 Å². The molecule has 0 spiro atoms. The lowest BCUT2D eigenvalue weighted by molar-refractivity contribution is -0.136. The van der Waals surface area contributed by atoms with Crippen molar-refractivity contribution in [1.29, 1.82) is 0 Å². The van der Waals surface area contributed by atoms with Gasteiger partial charge in [-0.1, -0.05) is 4.73 Å². The minimum atomic E-state index is -5.74. The highest BCUT2D eigenvalue weighted by molar-refractivity contribution is 7.87. The van der Waals surface area contributed by atoms with Gasteiger partial charge in [-0.05, 0) is 0 Å². The maximum atomic E-state index is 13.7. The molecule has 1 heterocycles. The first-order valence-corrected chi connectivity index (χ1v) is 7.63. The van der Waals surface area contributed by atoms with Gasteiger partial charge in [0.2, 0.25) is 23.4 Å². The fourth-order valence-electron chi connectivity index (χ4n) is 1.84. The number of halogens is 4. The van der Waals surface area contributed by atoms with E-state index < -0.39 is 73.7 Å². The highest BCUT2D eigenvalue weighted by atomic mass is 32.2. The predicted molar refractivity (Wildman–Crippen MR) is 70.8 cm³/mol. The third-order valence-corrected chi connectivity index (χ3v) is 4.16. The molecular formula is C12H7F4NO8S. The Bertz CT molecular complexity index is 988. The standard InChI is InChI=1S/C12H7F4NO8S/c13-6-8(15)11(9(16)7(14)10(6)21)26(23,24)25-17-4(18)1-3(12(17)22)2-5(19)20/h1,18,21-22H,2H2,(H,19,20). The second kappa shape index (κ2) is 6.29. The number of carboxylic acids is 1. The molecule has 0 saturated heterocycles. The predicted octanol–water partition coefficient (Wildman–Crippen LogP) is 0.606. The molecule has 0 unspecified atom stereocenters. The molecule has 0 amide bonds. The Morgan fingerprint density at radius 2 is 1.54 bits per heavy atom. The Hall–Kier alpha value is -3.16. The van der Waals surface area contributed by atoms with Crippen molar-refractivity contribution in [3.63, 3.8) is 0 Å². The van der Waals surface area contributed by atoms with Crippen molar-refractivity contribution in [2.45, 2.75) is 11.3 Å². The average Bonchev–Trinajstić information content (AvgIpc) is 2.77. The topological polar surface area (TPSA) is 146 Å². The highest BCUT2D eigenvalue weighted by Crippen LogP contribution is 2.33. The third-order valence-electron chi connectivity index (χ3n) is 2.96. The van der Waals surface area contributed by atoms with Crippen LogP contribution in [-0.2, 0) is 21.3 Å². The fourth-order valence-corrected chi connectivity index (χ4v) is 2.88. The molecule has 0 bridgehead atoms. The Kier molecular flexibility index (Phi) is 4.64. The van der Waals surface area contributed by atoms with E-state index in [2.05, 4.69) is 4.28 Å². The number of benzene rings is 1. The van der Waals surface area contributed by atoms with Crippen molar-refractivity contribution in [3.8, 4) is 17.5 Å². The van der Waals surface area contributed by atoms with E-state index in [1.165, 1.54) is 0 Å². The van der Waals surface area contributed by atoms with Gasteiger partial charge in [0.15, 0.2) is 22.3 Å². The number of carbonyl (C=O) groups is 1. The monoisotopic (exact) mass is 401 g/mol. The first-order chi connectivity index (χ1) is 11.9. The molecule has 14 heteroatoms. The van der Waals surface area contributed by atoms with Crippen molar-refractivity contribution < 1.29 is 55.5 Å². The summed E-state index contributed by atoms with van der Waals surface area (Å²) in [6, 6.07) is 0.559. The lowest BCUT2D eigenvalue weighted by Gasteiger charge is -2.11. The smallest absolute Gasteiger partial charge is 0.363 e. The number of rotatable bonds is 5. The van der Waals surface area contributed by atoms with Gasteiger partial charge in [-0.15, -0.1) is 0 Å². The van der Waals surface area contributed by atoms with Crippen LogP contribution in [0.3, 0.4) is 0 Å². The van der Waals surface area contributed by atoms with Crippen LogP contribution in [0.25, 0.3) is 0 Å². The molecule has 4 N–H and O–H groups in total. The second-order valence-corrected chi connectivity index (χ2v) is 6.14. The zero-order chi connectivity index (χ0) is 20.0. The molecule has 0 aliphatic heterocycles. The summed E-state index contributed by atoms with van der Waals surface area (Å²) in [6.07, 6.45) is -0.902. The average molecular weight is 401 g/mol. The van der Waals surface area contributed by atoms with Crippen molar-refractivity contribution in [1.82, 2.24) is 4.73 Å². The molecular weight excluding hydrogens is 394 g/mol. The van der Waals surface area contributed by atoms with E-state index in [0.29, 0.717) is 6.07 Å². The molecule has 2 rings (SSSR count). The van der Waals surface area contributed by atoms with Crippen molar-refractivity contribution in [2.75, 3.05) is 0 Å². The molecule has 0 aliphatic rings. The minimum absolute atomic E-state index is 0.338. The van der Waals surface area contributed by atoms with Crippen LogP contribution in [0.1, 0.15) is 5.56 Å². The molecule has 142 valence electrons. The number of hydrogen-bond donors (Lipinski definition) is 4. The lowest BCUT2D eigenvalue weighted by atomic mass is 10.2. The summed E-state index contributed by atoms with van der Waals surface area (Å²) in [4.78, 5) is 8.28. The number of aliphatic carboxylic acids is 1. The van der Waals surface area contributed by atoms with Gasteiger partial charge in [0.1, 0.15) is 0 Å². The van der Waals surface area contributed by atoms with E-state index in [-0.39, 0.29) is 4.73 Å². The molecule has 2 aromatic rings. The summed E-state index contributed by atoms with van der Waals surface area (Å²) < 4.78 is 81.4. The van der Waals surface area contributed by atoms with E-state index in [4.69, 9.17) is 10.2 Å². The van der Waals surface area contributed by atoms with Crippen LogP contribution in [0.2, 0.25) is 0 Å². The summed E-state index contributed by atoms with van der Waals surface area (Å²) in [5.74, 6) is -16.0. The summed E-state index contributed by atoms with van der Waals surface area (Å²) in [6.45, 7) is 0. The van der Waals surface area contributed by atoms with E-state index in [9.17, 15) is 41.0 Å². The quantitative estimate of drug-likeness (QED) is 0.421. The number of hydrogen-bond acceptors (Lipinski definition) is 7. The van der Waals surface area contributed by atoms with Gasteiger partial charge in [0.05, 0.1) is 6.42 Å². The number of carboxylic acid groups (broad SMARTS) is 1. The van der Waals surface area contributed by atoms with Gasteiger partial charge in [-0.2, -0.15) is 17.2 Å². The van der Waals surface area contributed by atoms with E-state index in [0.717, 1.165) is 0 Å². The Labute approximate surface area is 141 Å². The number of phenols is 1. The summed E-state index contributed by atoms with van der Waals surface area (Å²) in [7, 11) is -5.74. The fraction of sp³-hybridized carbons (Fsp3) is 0.0833. The summed E-state index contributed by atoms with van der Waals surface area (Å²) >= 11 is 0. The Morgan fingerprint density at radius 1 is 1.04 bits per heavy atom. The van der Waals surface area contributed by atoms with Gasteiger partial charge in [0, 0.05) is 11.6 Å². The maximum absolute atomic E-state index is 13.7. The van der Waals surface area contributed by atoms with Gasteiger partial charge in [-0.3, -0.25) is 9.08 Å². The third kappa shape index (κ3) is 3.05. The lowest BCUT2D eigenvalue weighted by Crippen LogP contribution is -2.23. The maximum Gasteiger partial charge on any atom is 0.363 e. The number of aromatic hydroxyl groups is 3. The molecule has 26 heavy (non-hydrogen) atoms. The largest absolute Gasteiger partial charge is 0.503 e. The van der Waals surface area contributed by atoms with Crippen LogP contribution in [0.5, 0.6) is 17.5 Å². The Morgan fingerprint density at radius 3 is 2.00 bits per heavy atom. The van der Waals surface area contributed by atoms with Gasteiger partial charge in [0.25, 0.3) is 0 Å². The van der Waals surface area contributed by atoms with Crippen LogP contribution in [-0.4, -0.2) is 39.5 Å². The zero-order valence-corrected chi connectivity index (χ0v) is 12.9. The van der Waals surface area contributed by atoms with E-state index in [1.54, 1.807) is 0 Å². The van der Waals surface area contributed by atoms with Crippen molar-refractivity contribution >= 4 is 16.1 Å². The SMILES string of the molecule is O=C(O)Cc1cc(O)n(OS(=O)(=O)c2c(F)c(F)c(O)c(F)c2F)c1O. The summed E-state index contributed by atoms with van der Waals surface area (Å²) in [5.41, 5.74) is -0.547. The molecule has 1 aromatic heterocycles. The van der Waals surface area contributed by atoms with Crippen LogP contribution < -0.4 is 4.28 Å². The first kappa shape index (κ1) is 19.2. The molecule has 0 aliphatic carbocycles. The van der Waals surface area contributed by atoms with Crippen LogP contribution >= 0.6 is 0 Å². The highest BCUT2D eigenvalue weighted by Gasteiger charge is 2.36.